The molecule has 0 nitrogen and oxygen atoms in total. The first kappa shape index (κ1) is 13.9. The molecule has 1 heteroatoms. The van der Waals surface area contributed by atoms with Crippen LogP contribution in [0, 0.1) is 0 Å². The highest BCUT2D eigenvalue weighted by molar-refractivity contribution is 9.10. The van der Waals surface area contributed by atoms with Gasteiger partial charge in [0.05, 0.1) is 0 Å². The lowest BCUT2D eigenvalue weighted by Gasteiger charge is -2.34. The Morgan fingerprint density at radius 1 is 1.33 bits per heavy atom. The van der Waals surface area contributed by atoms with E-state index < -0.39 is 0 Å². The van der Waals surface area contributed by atoms with Crippen molar-refractivity contribution in [3.63, 3.8) is 0 Å². The topological polar surface area (TPSA) is 0 Å². The van der Waals surface area contributed by atoms with Gasteiger partial charge in [0, 0.05) is 4.47 Å². The van der Waals surface area contributed by atoms with Gasteiger partial charge in [-0.05, 0) is 53.5 Å². The van der Waals surface area contributed by atoms with Crippen LogP contribution in [-0.2, 0) is 5.41 Å². The van der Waals surface area contributed by atoms with Gasteiger partial charge in [-0.3, -0.25) is 0 Å². The summed E-state index contributed by atoms with van der Waals surface area (Å²) in [5, 5.41) is 0. The molecule has 18 heavy (non-hydrogen) atoms. The van der Waals surface area contributed by atoms with E-state index in [2.05, 4.69) is 61.0 Å². The highest BCUT2D eigenvalue weighted by Gasteiger charge is 2.29. The number of benzene rings is 1. The van der Waals surface area contributed by atoms with Crippen LogP contribution in [0.25, 0.3) is 5.57 Å². The van der Waals surface area contributed by atoms with Crippen molar-refractivity contribution in [3.05, 3.63) is 39.9 Å². The van der Waals surface area contributed by atoms with Gasteiger partial charge in [-0.25, -0.2) is 0 Å². The quantitative estimate of drug-likeness (QED) is 0.592. The molecule has 0 fully saturated rings. The van der Waals surface area contributed by atoms with Crippen molar-refractivity contribution in [2.75, 3.05) is 0 Å². The van der Waals surface area contributed by atoms with Gasteiger partial charge in [0.15, 0.2) is 0 Å². The van der Waals surface area contributed by atoms with E-state index >= 15 is 0 Å². The van der Waals surface area contributed by atoms with E-state index in [1.165, 1.54) is 47.7 Å². The average molecular weight is 307 g/mol. The van der Waals surface area contributed by atoms with Gasteiger partial charge in [-0.15, -0.1) is 0 Å². The maximum atomic E-state index is 3.61. The normalized spacial score (nSPS) is 19.9. The Morgan fingerprint density at radius 2 is 2.11 bits per heavy atom. The Labute approximate surface area is 120 Å². The van der Waals surface area contributed by atoms with E-state index in [-0.39, 0.29) is 0 Å². The zero-order valence-electron chi connectivity index (χ0n) is 11.7. The van der Waals surface area contributed by atoms with E-state index in [4.69, 9.17) is 0 Å². The largest absolute Gasteiger partial charge is 0.0807 e. The lowest BCUT2D eigenvalue weighted by molar-refractivity contribution is 0.474. The van der Waals surface area contributed by atoms with Crippen LogP contribution in [-0.4, -0.2) is 0 Å². The number of halogens is 1. The molecule has 1 aliphatic carbocycles. The van der Waals surface area contributed by atoms with Crippen LogP contribution >= 0.6 is 15.9 Å². The number of rotatable bonds is 3. The maximum absolute atomic E-state index is 3.61. The summed E-state index contributed by atoms with van der Waals surface area (Å²) in [6.07, 6.45) is 8.76. The Kier molecular flexibility index (Phi) is 4.32. The first-order valence-electron chi connectivity index (χ1n) is 7.04. The van der Waals surface area contributed by atoms with Crippen molar-refractivity contribution < 1.29 is 0 Å². The van der Waals surface area contributed by atoms with Crippen molar-refractivity contribution in [1.82, 2.24) is 0 Å². The summed E-state index contributed by atoms with van der Waals surface area (Å²) >= 11 is 3.61. The molecule has 0 aromatic heterocycles. The Bertz CT molecular complexity index is 455. The summed E-state index contributed by atoms with van der Waals surface area (Å²) in [6, 6.07) is 6.77. The molecule has 0 saturated carbocycles. The predicted octanol–water partition coefficient (Wildman–Crippen LogP) is 6.09. The van der Waals surface area contributed by atoms with Crippen molar-refractivity contribution >= 4 is 21.5 Å². The summed E-state index contributed by atoms with van der Waals surface area (Å²) in [6.45, 7) is 6.98. The summed E-state index contributed by atoms with van der Waals surface area (Å²) in [5.74, 6) is 0. The molecule has 0 saturated heterocycles. The minimum atomic E-state index is 0.307. The summed E-state index contributed by atoms with van der Waals surface area (Å²) in [7, 11) is 0. The second-order valence-electron chi connectivity index (χ2n) is 5.95. The SMILES string of the molecule is CCCCC=C1CCC(C)(C)c2cc(Br)ccc21. The molecule has 0 heterocycles. The van der Waals surface area contributed by atoms with Gasteiger partial charge < -0.3 is 0 Å². The number of hydrogen-bond donors (Lipinski definition) is 0. The Hall–Kier alpha value is -0.560. The van der Waals surface area contributed by atoms with Crippen LogP contribution < -0.4 is 0 Å². The number of unbranched alkanes of at least 4 members (excludes halogenated alkanes) is 2. The number of hydrogen-bond acceptors (Lipinski definition) is 0. The summed E-state index contributed by atoms with van der Waals surface area (Å²) < 4.78 is 1.20. The lowest BCUT2D eigenvalue weighted by atomic mass is 9.71. The molecule has 0 spiro atoms. The van der Waals surface area contributed by atoms with Crippen LogP contribution in [0.5, 0.6) is 0 Å². The molecule has 1 aromatic carbocycles. The zero-order chi connectivity index (χ0) is 13.2. The van der Waals surface area contributed by atoms with E-state index in [9.17, 15) is 0 Å². The number of allylic oxidation sites excluding steroid dienone is 2. The van der Waals surface area contributed by atoms with Gasteiger partial charge >= 0.3 is 0 Å². The molecule has 1 aliphatic rings. The molecular weight excluding hydrogens is 284 g/mol. The minimum Gasteiger partial charge on any atom is -0.0807 e. The van der Waals surface area contributed by atoms with Gasteiger partial charge in [-0.2, -0.15) is 0 Å². The second-order valence-corrected chi connectivity index (χ2v) is 6.86. The third kappa shape index (κ3) is 2.88. The molecule has 0 unspecified atom stereocenters. The van der Waals surface area contributed by atoms with Crippen molar-refractivity contribution in [3.8, 4) is 0 Å². The molecule has 2 rings (SSSR count). The van der Waals surface area contributed by atoms with Crippen LogP contribution in [0.4, 0.5) is 0 Å². The molecule has 0 amide bonds. The van der Waals surface area contributed by atoms with Crippen molar-refractivity contribution in [1.29, 1.82) is 0 Å². The molecule has 98 valence electrons. The Morgan fingerprint density at radius 3 is 2.83 bits per heavy atom. The van der Waals surface area contributed by atoms with Crippen LogP contribution in [0.15, 0.2) is 28.7 Å². The first-order valence-corrected chi connectivity index (χ1v) is 7.83. The second kappa shape index (κ2) is 5.61. The summed E-state index contributed by atoms with van der Waals surface area (Å²) in [5.41, 5.74) is 4.85. The minimum absolute atomic E-state index is 0.307. The molecule has 0 N–H and O–H groups in total. The van der Waals surface area contributed by atoms with E-state index in [0.717, 1.165) is 0 Å². The van der Waals surface area contributed by atoms with Gasteiger partial charge in [0.1, 0.15) is 0 Å². The highest BCUT2D eigenvalue weighted by Crippen LogP contribution is 2.43. The predicted molar refractivity (Wildman–Crippen MR) is 83.9 cm³/mol. The molecule has 0 aliphatic heterocycles. The molecular formula is C17H23Br. The van der Waals surface area contributed by atoms with Crippen LogP contribution in [0.3, 0.4) is 0 Å². The van der Waals surface area contributed by atoms with E-state index in [0.29, 0.717) is 5.41 Å². The van der Waals surface area contributed by atoms with Crippen LogP contribution in [0.2, 0.25) is 0 Å². The van der Waals surface area contributed by atoms with Crippen molar-refractivity contribution in [2.45, 2.75) is 58.3 Å². The standard InChI is InChI=1S/C17H23Br/c1-4-5-6-7-13-10-11-17(2,3)16-12-14(18)8-9-15(13)16/h7-9,12H,4-6,10-11H2,1-3H3. The molecule has 0 atom stereocenters. The highest BCUT2D eigenvalue weighted by atomic mass is 79.9. The monoisotopic (exact) mass is 306 g/mol. The zero-order valence-corrected chi connectivity index (χ0v) is 13.3. The van der Waals surface area contributed by atoms with E-state index in [1.807, 2.05) is 0 Å². The molecule has 1 aromatic rings. The fourth-order valence-corrected chi connectivity index (χ4v) is 3.13. The fourth-order valence-electron chi connectivity index (χ4n) is 2.77. The third-order valence-corrected chi connectivity index (χ3v) is 4.52. The average Bonchev–Trinajstić information content (AvgIpc) is 2.33. The lowest BCUT2D eigenvalue weighted by Crippen LogP contribution is -2.23. The first-order chi connectivity index (χ1) is 8.54. The molecule has 0 bridgehead atoms. The summed E-state index contributed by atoms with van der Waals surface area (Å²) in [4.78, 5) is 0. The maximum Gasteiger partial charge on any atom is 0.0178 e. The van der Waals surface area contributed by atoms with Crippen LogP contribution in [0.1, 0.15) is 64.0 Å². The van der Waals surface area contributed by atoms with Gasteiger partial charge in [0.25, 0.3) is 0 Å². The smallest absolute Gasteiger partial charge is 0.0178 e. The third-order valence-electron chi connectivity index (χ3n) is 4.02. The molecule has 0 radical (unpaired) electrons. The number of fused-ring (bicyclic) bond motifs is 1. The van der Waals surface area contributed by atoms with E-state index in [1.54, 1.807) is 5.57 Å². The Balaban J connectivity index is 2.37. The van der Waals surface area contributed by atoms with Gasteiger partial charge in [0.2, 0.25) is 0 Å². The van der Waals surface area contributed by atoms with Crippen molar-refractivity contribution in [2.24, 2.45) is 0 Å². The van der Waals surface area contributed by atoms with Gasteiger partial charge in [-0.1, -0.05) is 61.7 Å². The fraction of sp³-hybridized carbons (Fsp3) is 0.529.